The molecule has 80 valence electrons. The van der Waals surface area contributed by atoms with Crippen LogP contribution >= 0.6 is 0 Å². The Hall–Kier alpha value is -0.646. The van der Waals surface area contributed by atoms with Crippen LogP contribution in [0.5, 0.6) is 0 Å². The zero-order chi connectivity index (χ0) is 10.7. The second-order valence-corrected chi connectivity index (χ2v) is 9.31. The van der Waals surface area contributed by atoms with Gasteiger partial charge in [0.05, 0.1) is 0 Å². The molecule has 0 aromatic carbocycles. The Kier molecular flexibility index (Phi) is 3.56. The van der Waals surface area contributed by atoms with Gasteiger partial charge in [0.25, 0.3) is 0 Å². The van der Waals surface area contributed by atoms with Crippen molar-refractivity contribution >= 4 is 18.1 Å². The normalized spacial score (nSPS) is 22.8. The van der Waals surface area contributed by atoms with Crippen LogP contribution in [0.25, 0.3) is 0 Å². The largest absolute Gasteiger partial charge is 0.454 e. The summed E-state index contributed by atoms with van der Waals surface area (Å²) in [6, 6.07) is 0. The van der Waals surface area contributed by atoms with E-state index in [1.165, 1.54) is 0 Å². The maximum absolute atomic E-state index is 6.28. The molecule has 0 heterocycles. The van der Waals surface area contributed by atoms with E-state index < -0.39 is 18.1 Å². The third kappa shape index (κ3) is 2.68. The van der Waals surface area contributed by atoms with E-state index in [9.17, 15) is 0 Å². The fraction of sp³-hybridized carbons (Fsp3) is 0.333. The van der Waals surface area contributed by atoms with E-state index >= 15 is 0 Å². The van der Waals surface area contributed by atoms with Crippen LogP contribution in [0.3, 0.4) is 0 Å². The van der Waals surface area contributed by atoms with Crippen molar-refractivity contribution in [2.24, 2.45) is 0 Å². The van der Waals surface area contributed by atoms with Crippen molar-refractivity contribution in [3.05, 3.63) is 46.8 Å². The van der Waals surface area contributed by atoms with Crippen molar-refractivity contribution in [1.82, 2.24) is 0 Å². The molecule has 3 heteroatoms. The maximum atomic E-state index is 6.28. The zero-order valence-corrected chi connectivity index (χ0v) is 11.8. The topological polar surface area (TPSA) is 9.23 Å². The number of hydrogen-bond acceptors (Lipinski definition) is 1. The molecule has 0 fully saturated rings. The molecule has 1 nitrogen and oxygen atoms in total. The van der Waals surface area contributed by atoms with Crippen LogP contribution in [0, 0.1) is 0 Å². The molecular weight excluding hydrogens is 216 g/mol. The molecule has 0 N–H and O–H groups in total. The van der Waals surface area contributed by atoms with Crippen molar-refractivity contribution in [2.45, 2.75) is 25.9 Å². The Bertz CT molecular complexity index is 319. The van der Waals surface area contributed by atoms with Gasteiger partial charge in [-0.25, -0.2) is 0 Å². The summed E-state index contributed by atoms with van der Waals surface area (Å²) in [4.78, 5) is 0. The molecule has 2 atom stereocenters. The quantitative estimate of drug-likeness (QED) is 0.679. The van der Waals surface area contributed by atoms with Gasteiger partial charge in [-0.3, -0.25) is 0 Å². The molecular formula is C12H18OSi2. The second-order valence-electron chi connectivity index (χ2n) is 4.17. The summed E-state index contributed by atoms with van der Waals surface area (Å²) in [5, 5.41) is 3.11. The Labute approximate surface area is 95.3 Å². The predicted molar refractivity (Wildman–Crippen MR) is 70.8 cm³/mol. The van der Waals surface area contributed by atoms with Crippen LogP contribution in [-0.4, -0.2) is 18.1 Å². The third-order valence-corrected chi connectivity index (χ3v) is 9.26. The standard InChI is InChI=1S/C12H18OSi2/c1-14(11-7-3-4-8-11)13-15(2)12-9-5-6-10-12/h3-7,9,14-15H,8,10H2,1-2H3. The third-order valence-electron chi connectivity index (χ3n) is 3.05. The van der Waals surface area contributed by atoms with E-state index in [-0.39, 0.29) is 0 Å². The highest BCUT2D eigenvalue weighted by Gasteiger charge is 2.19. The first-order chi connectivity index (χ1) is 7.27. The lowest BCUT2D eigenvalue weighted by atomic mass is 10.5. The molecule has 15 heavy (non-hydrogen) atoms. The van der Waals surface area contributed by atoms with Gasteiger partial charge in [-0.15, -0.1) is 0 Å². The van der Waals surface area contributed by atoms with E-state index in [2.05, 4.69) is 49.6 Å². The van der Waals surface area contributed by atoms with E-state index in [1.54, 1.807) is 10.4 Å². The summed E-state index contributed by atoms with van der Waals surface area (Å²) in [5.74, 6) is 0. The lowest BCUT2D eigenvalue weighted by Gasteiger charge is -2.19. The summed E-state index contributed by atoms with van der Waals surface area (Å²) >= 11 is 0. The average molecular weight is 234 g/mol. The molecule has 0 saturated carbocycles. The fourth-order valence-electron chi connectivity index (χ4n) is 2.01. The van der Waals surface area contributed by atoms with Gasteiger partial charge in [0, 0.05) is 0 Å². The smallest absolute Gasteiger partial charge is 0.188 e. The van der Waals surface area contributed by atoms with Crippen LogP contribution in [0.2, 0.25) is 13.1 Å². The van der Waals surface area contributed by atoms with E-state index in [1.807, 2.05) is 0 Å². The highest BCUT2D eigenvalue weighted by atomic mass is 28.4. The zero-order valence-electron chi connectivity index (χ0n) is 9.44. The summed E-state index contributed by atoms with van der Waals surface area (Å²) in [5.41, 5.74) is 0. The lowest BCUT2D eigenvalue weighted by molar-refractivity contribution is 0.608. The minimum Gasteiger partial charge on any atom is -0.454 e. The molecule has 0 aliphatic heterocycles. The maximum Gasteiger partial charge on any atom is 0.188 e. The van der Waals surface area contributed by atoms with Gasteiger partial charge in [-0.1, -0.05) is 46.8 Å². The Balaban J connectivity index is 1.86. The van der Waals surface area contributed by atoms with Gasteiger partial charge in [-0.05, 0) is 25.9 Å². The SMILES string of the molecule is C[SiH](O[SiH](C)C1=CC=CC1)C1=CC=CC1. The Morgan fingerprint density at radius 3 is 1.73 bits per heavy atom. The highest BCUT2D eigenvalue weighted by molar-refractivity contribution is 6.72. The second kappa shape index (κ2) is 4.92. The number of rotatable bonds is 4. The number of hydrogen-bond donors (Lipinski definition) is 0. The first-order valence-corrected chi connectivity index (χ1v) is 10.0. The van der Waals surface area contributed by atoms with Gasteiger partial charge in [0.1, 0.15) is 0 Å². The lowest BCUT2D eigenvalue weighted by Crippen LogP contribution is -2.27. The molecule has 2 aliphatic rings. The first kappa shape index (κ1) is 10.9. The van der Waals surface area contributed by atoms with E-state index in [4.69, 9.17) is 4.12 Å². The molecule has 2 rings (SSSR count). The Morgan fingerprint density at radius 2 is 1.40 bits per heavy atom. The molecule has 0 aromatic rings. The van der Waals surface area contributed by atoms with Gasteiger partial charge in [-0.2, -0.15) is 0 Å². The van der Waals surface area contributed by atoms with E-state index in [0.29, 0.717) is 0 Å². The van der Waals surface area contributed by atoms with Crippen molar-refractivity contribution in [3.8, 4) is 0 Å². The molecule has 0 aromatic heterocycles. The fourth-order valence-corrected chi connectivity index (χ4v) is 7.56. The summed E-state index contributed by atoms with van der Waals surface area (Å²) in [6.45, 7) is 4.62. The van der Waals surface area contributed by atoms with Crippen LogP contribution in [0.1, 0.15) is 12.8 Å². The first-order valence-electron chi connectivity index (χ1n) is 5.64. The molecule has 0 spiro atoms. The summed E-state index contributed by atoms with van der Waals surface area (Å²) in [6.07, 6.45) is 15.5. The summed E-state index contributed by atoms with van der Waals surface area (Å²) in [7, 11) is -2.15. The predicted octanol–water partition coefficient (Wildman–Crippen LogP) is 2.56. The van der Waals surface area contributed by atoms with Gasteiger partial charge in [0.2, 0.25) is 0 Å². The molecule has 2 unspecified atom stereocenters. The molecule has 0 amide bonds. The van der Waals surface area contributed by atoms with Crippen LogP contribution < -0.4 is 0 Å². The minimum absolute atomic E-state index is 1.08. The molecule has 0 radical (unpaired) electrons. The summed E-state index contributed by atoms with van der Waals surface area (Å²) < 4.78 is 6.28. The minimum atomic E-state index is -1.08. The average Bonchev–Trinajstić information content (AvgIpc) is 2.91. The number of allylic oxidation sites excluding steroid dienone is 8. The van der Waals surface area contributed by atoms with Crippen molar-refractivity contribution in [3.63, 3.8) is 0 Å². The van der Waals surface area contributed by atoms with E-state index in [0.717, 1.165) is 12.8 Å². The van der Waals surface area contributed by atoms with Crippen LogP contribution in [0.15, 0.2) is 46.8 Å². The van der Waals surface area contributed by atoms with Gasteiger partial charge < -0.3 is 4.12 Å². The molecule has 0 bridgehead atoms. The molecule has 0 saturated heterocycles. The monoisotopic (exact) mass is 234 g/mol. The van der Waals surface area contributed by atoms with Crippen LogP contribution in [-0.2, 0) is 4.12 Å². The molecule has 2 aliphatic carbocycles. The highest BCUT2D eigenvalue weighted by Crippen LogP contribution is 2.19. The van der Waals surface area contributed by atoms with Gasteiger partial charge in [0.15, 0.2) is 18.1 Å². The van der Waals surface area contributed by atoms with Crippen molar-refractivity contribution in [1.29, 1.82) is 0 Å². The van der Waals surface area contributed by atoms with Crippen LogP contribution in [0.4, 0.5) is 0 Å². The van der Waals surface area contributed by atoms with Gasteiger partial charge >= 0.3 is 0 Å². The van der Waals surface area contributed by atoms with Crippen molar-refractivity contribution in [2.75, 3.05) is 0 Å². The Morgan fingerprint density at radius 1 is 0.933 bits per heavy atom. The van der Waals surface area contributed by atoms with Crippen molar-refractivity contribution < 1.29 is 4.12 Å².